The molecule has 0 aromatic heterocycles. The Bertz CT molecular complexity index is 227. The standard InChI is InChI=1S/C14H28O4Si/c1-4-13(15)18-11-9-7-8-10-12-19-14(16-5-2)17-6-3/h4,14H,1,5-12,19H2,2-3H3. The first-order valence-corrected chi connectivity index (χ1v) is 9.08. The molecule has 0 aliphatic rings. The van der Waals surface area contributed by atoms with Crippen LogP contribution in [-0.2, 0) is 19.0 Å². The van der Waals surface area contributed by atoms with Gasteiger partial charge in [-0.3, -0.25) is 0 Å². The second-order valence-corrected chi connectivity index (χ2v) is 6.22. The first kappa shape index (κ1) is 18.3. The molecule has 0 aromatic carbocycles. The van der Waals surface area contributed by atoms with E-state index in [0.717, 1.165) is 26.1 Å². The summed E-state index contributed by atoms with van der Waals surface area (Å²) < 4.78 is 16.0. The van der Waals surface area contributed by atoms with E-state index >= 15 is 0 Å². The lowest BCUT2D eigenvalue weighted by Gasteiger charge is -2.16. The van der Waals surface area contributed by atoms with Gasteiger partial charge in [0.25, 0.3) is 0 Å². The van der Waals surface area contributed by atoms with Crippen molar-refractivity contribution in [3.63, 3.8) is 0 Å². The van der Waals surface area contributed by atoms with Crippen molar-refractivity contribution in [2.75, 3.05) is 19.8 Å². The molecule has 0 fully saturated rings. The van der Waals surface area contributed by atoms with Crippen molar-refractivity contribution in [2.24, 2.45) is 0 Å². The van der Waals surface area contributed by atoms with Crippen molar-refractivity contribution in [1.29, 1.82) is 0 Å². The highest BCUT2D eigenvalue weighted by molar-refractivity contribution is 6.36. The summed E-state index contributed by atoms with van der Waals surface area (Å²) >= 11 is 0. The first-order valence-electron chi connectivity index (χ1n) is 7.27. The first-order chi connectivity index (χ1) is 9.24. The van der Waals surface area contributed by atoms with Crippen LogP contribution >= 0.6 is 0 Å². The smallest absolute Gasteiger partial charge is 0.330 e. The Kier molecular flexibility index (Phi) is 13.3. The Morgan fingerprint density at radius 2 is 1.79 bits per heavy atom. The summed E-state index contributed by atoms with van der Waals surface area (Å²) in [7, 11) is -0.296. The molecule has 0 bridgehead atoms. The Balaban J connectivity index is 3.33. The molecule has 0 spiro atoms. The van der Waals surface area contributed by atoms with E-state index in [1.165, 1.54) is 25.0 Å². The molecule has 0 rings (SSSR count). The normalized spacial score (nSPS) is 11.3. The summed E-state index contributed by atoms with van der Waals surface area (Å²) in [5, 5.41) is 0. The van der Waals surface area contributed by atoms with Crippen LogP contribution in [0.15, 0.2) is 12.7 Å². The van der Waals surface area contributed by atoms with Gasteiger partial charge < -0.3 is 14.2 Å². The van der Waals surface area contributed by atoms with E-state index in [0.29, 0.717) is 6.61 Å². The maximum atomic E-state index is 10.8. The number of hydrogen-bond donors (Lipinski definition) is 0. The zero-order valence-electron chi connectivity index (χ0n) is 12.4. The van der Waals surface area contributed by atoms with Crippen LogP contribution in [0.1, 0.15) is 39.5 Å². The molecular formula is C14H28O4Si. The number of carbonyl (C=O) groups excluding carboxylic acids is 1. The van der Waals surface area contributed by atoms with Crippen LogP contribution in [0.3, 0.4) is 0 Å². The third-order valence-electron chi connectivity index (χ3n) is 2.70. The van der Waals surface area contributed by atoms with E-state index < -0.39 is 0 Å². The molecule has 0 amide bonds. The third-order valence-corrected chi connectivity index (χ3v) is 4.55. The summed E-state index contributed by atoms with van der Waals surface area (Å²) in [5.74, 6) is -0.243. The van der Waals surface area contributed by atoms with E-state index in [4.69, 9.17) is 14.2 Å². The highest BCUT2D eigenvalue weighted by Crippen LogP contribution is 2.06. The average molecular weight is 288 g/mol. The van der Waals surface area contributed by atoms with Gasteiger partial charge in [0.1, 0.15) is 5.91 Å². The predicted molar refractivity (Wildman–Crippen MR) is 80.0 cm³/mol. The van der Waals surface area contributed by atoms with Gasteiger partial charge in [-0.2, -0.15) is 0 Å². The van der Waals surface area contributed by atoms with E-state index in [9.17, 15) is 4.79 Å². The molecule has 0 aliphatic heterocycles. The van der Waals surface area contributed by atoms with Crippen LogP contribution in [0, 0.1) is 0 Å². The molecule has 19 heavy (non-hydrogen) atoms. The number of rotatable bonds is 13. The van der Waals surface area contributed by atoms with Crippen molar-refractivity contribution in [3.8, 4) is 0 Å². The van der Waals surface area contributed by atoms with Crippen LogP contribution in [0.25, 0.3) is 0 Å². The lowest BCUT2D eigenvalue weighted by Crippen LogP contribution is -2.24. The minimum absolute atomic E-state index is 0.0866. The summed E-state index contributed by atoms with van der Waals surface area (Å²) in [6.45, 7) is 9.32. The minimum atomic E-state index is -0.330. The van der Waals surface area contributed by atoms with E-state index in [-0.39, 0.29) is 21.4 Å². The van der Waals surface area contributed by atoms with Gasteiger partial charge in [0.2, 0.25) is 0 Å². The van der Waals surface area contributed by atoms with Crippen molar-refractivity contribution in [1.82, 2.24) is 0 Å². The molecule has 0 aliphatic carbocycles. The molecule has 5 heteroatoms. The quantitative estimate of drug-likeness (QED) is 0.171. The number of carbonyl (C=O) groups is 1. The SMILES string of the molecule is C=CC(=O)OCCCCCC[SiH2]C(OCC)OCC. The molecule has 112 valence electrons. The Labute approximate surface area is 119 Å². The maximum absolute atomic E-state index is 10.8. The molecule has 0 unspecified atom stereocenters. The van der Waals surface area contributed by atoms with Gasteiger partial charge in [0, 0.05) is 19.3 Å². The van der Waals surface area contributed by atoms with Gasteiger partial charge in [-0.1, -0.05) is 31.9 Å². The van der Waals surface area contributed by atoms with Gasteiger partial charge >= 0.3 is 5.97 Å². The van der Waals surface area contributed by atoms with Crippen molar-refractivity contribution >= 4 is 15.5 Å². The second kappa shape index (κ2) is 13.8. The second-order valence-electron chi connectivity index (χ2n) is 4.27. The summed E-state index contributed by atoms with van der Waals surface area (Å²) in [4.78, 5) is 10.8. The third kappa shape index (κ3) is 12.1. The highest BCUT2D eigenvalue weighted by Gasteiger charge is 2.07. The molecular weight excluding hydrogens is 260 g/mol. The Morgan fingerprint density at radius 3 is 2.37 bits per heavy atom. The van der Waals surface area contributed by atoms with E-state index in [2.05, 4.69) is 6.58 Å². The van der Waals surface area contributed by atoms with Crippen LogP contribution < -0.4 is 0 Å². The van der Waals surface area contributed by atoms with Gasteiger partial charge in [-0.05, 0) is 20.3 Å². The fraction of sp³-hybridized carbons (Fsp3) is 0.786. The van der Waals surface area contributed by atoms with Crippen molar-refractivity contribution < 1.29 is 19.0 Å². The fourth-order valence-electron chi connectivity index (χ4n) is 1.76. The van der Waals surface area contributed by atoms with Gasteiger partial charge in [0.05, 0.1) is 16.1 Å². The van der Waals surface area contributed by atoms with Crippen molar-refractivity contribution in [3.05, 3.63) is 12.7 Å². The lowest BCUT2D eigenvalue weighted by molar-refractivity contribution is -0.137. The highest BCUT2D eigenvalue weighted by atomic mass is 28.2. The average Bonchev–Trinajstić information content (AvgIpc) is 2.41. The molecule has 0 aromatic rings. The summed E-state index contributed by atoms with van der Waals surface area (Å²) in [6.07, 6.45) is 5.64. The van der Waals surface area contributed by atoms with Crippen LogP contribution in [0.4, 0.5) is 0 Å². The molecule has 0 heterocycles. The molecule has 0 saturated carbocycles. The largest absolute Gasteiger partial charge is 0.463 e. The molecule has 0 radical (unpaired) electrons. The number of esters is 1. The number of unbranched alkanes of at least 4 members (excludes halogenated alkanes) is 3. The van der Waals surface area contributed by atoms with Crippen molar-refractivity contribution in [2.45, 2.75) is 51.5 Å². The van der Waals surface area contributed by atoms with E-state index in [1.54, 1.807) is 0 Å². The summed E-state index contributed by atoms with van der Waals surface area (Å²) in [6, 6.07) is 1.25. The lowest BCUT2D eigenvalue weighted by atomic mass is 10.2. The van der Waals surface area contributed by atoms with Gasteiger partial charge in [-0.25, -0.2) is 4.79 Å². The Morgan fingerprint density at radius 1 is 1.16 bits per heavy atom. The maximum Gasteiger partial charge on any atom is 0.330 e. The Hall–Kier alpha value is -0.653. The monoisotopic (exact) mass is 288 g/mol. The molecule has 0 saturated heterocycles. The van der Waals surface area contributed by atoms with Crippen LogP contribution in [0.5, 0.6) is 0 Å². The number of hydrogen-bond acceptors (Lipinski definition) is 4. The van der Waals surface area contributed by atoms with Crippen LogP contribution in [-0.4, -0.2) is 41.2 Å². The minimum Gasteiger partial charge on any atom is -0.463 e. The topological polar surface area (TPSA) is 44.8 Å². The molecule has 4 nitrogen and oxygen atoms in total. The molecule has 0 N–H and O–H groups in total. The zero-order valence-corrected chi connectivity index (χ0v) is 13.8. The fourth-order valence-corrected chi connectivity index (χ4v) is 3.54. The van der Waals surface area contributed by atoms with E-state index in [1.807, 2.05) is 13.8 Å². The predicted octanol–water partition coefficient (Wildman–Crippen LogP) is 2.22. The number of ether oxygens (including phenoxy) is 3. The van der Waals surface area contributed by atoms with Gasteiger partial charge in [0.15, 0.2) is 0 Å². The van der Waals surface area contributed by atoms with Gasteiger partial charge in [-0.15, -0.1) is 0 Å². The molecule has 0 atom stereocenters. The van der Waals surface area contributed by atoms with Crippen LogP contribution in [0.2, 0.25) is 6.04 Å². The summed E-state index contributed by atoms with van der Waals surface area (Å²) in [5.41, 5.74) is 0. The zero-order chi connectivity index (χ0) is 14.3.